The maximum atomic E-state index is 14.1. The first-order chi connectivity index (χ1) is 9.34. The van der Waals surface area contributed by atoms with Crippen molar-refractivity contribution in [3.05, 3.63) is 30.2 Å². The van der Waals surface area contributed by atoms with E-state index in [0.717, 1.165) is 0 Å². The van der Waals surface area contributed by atoms with Crippen LogP contribution in [-0.4, -0.2) is 22.4 Å². The normalized spacial score (nSPS) is 14.2. The molecule has 0 aliphatic carbocycles. The predicted molar refractivity (Wildman–Crippen MR) is 70.6 cm³/mol. The third-order valence-electron chi connectivity index (χ3n) is 2.88. The average Bonchev–Trinajstić information content (AvgIpc) is 2.84. The first-order valence-corrected chi connectivity index (χ1v) is 7.44. The highest BCUT2D eigenvalue weighted by molar-refractivity contribution is 8.23. The largest absolute Gasteiger partial charge is 0.434 e. The maximum Gasteiger partial charge on any atom is 0.414 e. The number of rotatable bonds is 5. The van der Waals surface area contributed by atoms with Gasteiger partial charge in [-0.15, -0.1) is 7.77 Å². The van der Waals surface area contributed by atoms with E-state index in [0.29, 0.717) is 4.31 Å². The van der Waals surface area contributed by atoms with Crippen molar-refractivity contribution in [2.75, 3.05) is 13.1 Å². The Balaban J connectivity index is 2.47. The van der Waals surface area contributed by atoms with Crippen molar-refractivity contribution in [2.24, 2.45) is 0 Å². The van der Waals surface area contributed by atoms with Gasteiger partial charge in [0.25, 0.3) is 5.89 Å². The summed E-state index contributed by atoms with van der Waals surface area (Å²) in [6, 6.07) is 5.98. The lowest BCUT2D eigenvalue weighted by Crippen LogP contribution is -2.32. The van der Waals surface area contributed by atoms with Crippen molar-refractivity contribution in [3.63, 3.8) is 0 Å². The van der Waals surface area contributed by atoms with Crippen molar-refractivity contribution < 1.29 is 21.0 Å². The van der Waals surface area contributed by atoms with E-state index in [-0.39, 0.29) is 24.2 Å². The average molecular weight is 310 g/mol. The molecule has 0 N–H and O–H groups in total. The van der Waals surface area contributed by atoms with Crippen LogP contribution in [0.3, 0.4) is 0 Å². The molecule has 0 saturated carbocycles. The Hall–Kier alpha value is -1.28. The van der Waals surface area contributed by atoms with E-state index in [4.69, 9.17) is 4.42 Å². The number of alkyl halides is 2. The molecule has 0 saturated heterocycles. The summed E-state index contributed by atoms with van der Waals surface area (Å²) in [5, 5.41) is -4.42. The molecule has 0 aliphatic rings. The minimum Gasteiger partial charge on any atom is -0.434 e. The molecule has 8 heteroatoms. The monoisotopic (exact) mass is 310 g/mol. The summed E-state index contributed by atoms with van der Waals surface area (Å²) < 4.78 is 61.5. The van der Waals surface area contributed by atoms with E-state index in [1.165, 1.54) is 26.0 Å². The van der Waals surface area contributed by atoms with Gasteiger partial charge in [0, 0.05) is 13.1 Å². The van der Waals surface area contributed by atoms with E-state index in [1.54, 1.807) is 12.1 Å². The SMILES string of the molecule is CCN(CC)S(F)(F)C(F)(F)c1nc2ccccc2o1. The highest BCUT2D eigenvalue weighted by Crippen LogP contribution is 2.70. The van der Waals surface area contributed by atoms with Crippen LogP contribution in [0, 0.1) is 0 Å². The van der Waals surface area contributed by atoms with Crippen molar-refractivity contribution in [1.82, 2.24) is 9.29 Å². The van der Waals surface area contributed by atoms with Gasteiger partial charge in [-0.3, -0.25) is 0 Å². The van der Waals surface area contributed by atoms with Crippen LogP contribution >= 0.6 is 11.0 Å². The Labute approximate surface area is 115 Å². The molecule has 0 atom stereocenters. The number of halogens is 4. The summed E-state index contributed by atoms with van der Waals surface area (Å²) in [7, 11) is -5.36. The van der Waals surface area contributed by atoms with E-state index >= 15 is 0 Å². The quantitative estimate of drug-likeness (QED) is 0.749. The van der Waals surface area contributed by atoms with E-state index < -0.39 is 22.1 Å². The van der Waals surface area contributed by atoms with Crippen LogP contribution in [0.2, 0.25) is 0 Å². The molecule has 2 aromatic rings. The second kappa shape index (κ2) is 5.25. The third-order valence-corrected chi connectivity index (χ3v) is 4.84. The minimum atomic E-state index is -5.36. The topological polar surface area (TPSA) is 29.3 Å². The molecule has 0 spiro atoms. The molecular weight excluding hydrogens is 296 g/mol. The van der Waals surface area contributed by atoms with Crippen LogP contribution in [0.4, 0.5) is 16.6 Å². The Morgan fingerprint density at radius 3 is 2.35 bits per heavy atom. The lowest BCUT2D eigenvalue weighted by Gasteiger charge is -2.36. The number of hydrogen-bond donors (Lipinski definition) is 0. The van der Waals surface area contributed by atoms with Crippen LogP contribution in [-0.2, 0) is 5.25 Å². The Morgan fingerprint density at radius 1 is 1.20 bits per heavy atom. The molecular formula is C12H14F4N2OS. The highest BCUT2D eigenvalue weighted by atomic mass is 32.3. The van der Waals surface area contributed by atoms with Crippen molar-refractivity contribution >= 4 is 22.1 Å². The van der Waals surface area contributed by atoms with Gasteiger partial charge >= 0.3 is 5.25 Å². The van der Waals surface area contributed by atoms with E-state index in [9.17, 15) is 16.6 Å². The van der Waals surface area contributed by atoms with E-state index in [2.05, 4.69) is 4.98 Å². The minimum absolute atomic E-state index is 0.0666. The summed E-state index contributed by atoms with van der Waals surface area (Å²) in [6.07, 6.45) is 0. The summed E-state index contributed by atoms with van der Waals surface area (Å²) >= 11 is 0. The molecule has 0 radical (unpaired) electrons. The maximum absolute atomic E-state index is 14.1. The molecule has 1 aromatic heterocycles. The lowest BCUT2D eigenvalue weighted by molar-refractivity contribution is 0.0494. The van der Waals surface area contributed by atoms with Gasteiger partial charge in [0.2, 0.25) is 0 Å². The molecule has 3 nitrogen and oxygen atoms in total. The summed E-state index contributed by atoms with van der Waals surface area (Å²) in [5.74, 6) is -1.23. The molecule has 2 rings (SSSR count). The number of nitrogens with zero attached hydrogens (tertiary/aromatic N) is 2. The van der Waals surface area contributed by atoms with Gasteiger partial charge in [0.15, 0.2) is 16.6 Å². The van der Waals surface area contributed by atoms with Crippen LogP contribution < -0.4 is 0 Å². The zero-order chi connectivity index (χ0) is 15.0. The van der Waals surface area contributed by atoms with Gasteiger partial charge in [-0.05, 0) is 12.1 Å². The molecule has 0 unspecified atom stereocenters. The molecule has 20 heavy (non-hydrogen) atoms. The summed E-state index contributed by atoms with van der Waals surface area (Å²) in [6.45, 7) is 2.47. The third kappa shape index (κ3) is 2.26. The van der Waals surface area contributed by atoms with Crippen LogP contribution in [0.15, 0.2) is 28.7 Å². The second-order valence-corrected chi connectivity index (χ2v) is 5.97. The second-order valence-electron chi connectivity index (χ2n) is 4.06. The number of hydrogen-bond acceptors (Lipinski definition) is 3. The van der Waals surface area contributed by atoms with Gasteiger partial charge in [0.1, 0.15) is 5.52 Å². The van der Waals surface area contributed by atoms with Crippen LogP contribution in [0.5, 0.6) is 0 Å². The smallest absolute Gasteiger partial charge is 0.414 e. The summed E-state index contributed by atoms with van der Waals surface area (Å²) in [5.41, 5.74) is 0.203. The lowest BCUT2D eigenvalue weighted by atomic mass is 10.3. The number of aromatic nitrogens is 1. The van der Waals surface area contributed by atoms with E-state index in [1.807, 2.05) is 0 Å². The zero-order valence-corrected chi connectivity index (χ0v) is 11.8. The van der Waals surface area contributed by atoms with Gasteiger partial charge in [-0.2, -0.15) is 8.78 Å². The number of benzene rings is 1. The Kier molecular flexibility index (Phi) is 3.97. The fourth-order valence-corrected chi connectivity index (χ4v) is 3.08. The molecule has 0 amide bonds. The molecule has 0 aliphatic heterocycles. The molecule has 0 fully saturated rings. The fourth-order valence-electron chi connectivity index (χ4n) is 1.81. The first kappa shape index (κ1) is 15.1. The highest BCUT2D eigenvalue weighted by Gasteiger charge is 2.60. The van der Waals surface area contributed by atoms with Gasteiger partial charge in [-0.1, -0.05) is 26.0 Å². The summed E-state index contributed by atoms with van der Waals surface area (Å²) in [4.78, 5) is 3.50. The van der Waals surface area contributed by atoms with Gasteiger partial charge in [-0.25, -0.2) is 9.29 Å². The first-order valence-electron chi connectivity index (χ1n) is 6.05. The zero-order valence-electron chi connectivity index (χ0n) is 10.9. The molecule has 1 aromatic carbocycles. The predicted octanol–water partition coefficient (Wildman–Crippen LogP) is 4.71. The fraction of sp³-hybridized carbons (Fsp3) is 0.417. The molecule has 112 valence electrons. The van der Waals surface area contributed by atoms with Gasteiger partial charge in [0.05, 0.1) is 0 Å². The van der Waals surface area contributed by atoms with Crippen molar-refractivity contribution in [1.29, 1.82) is 0 Å². The van der Waals surface area contributed by atoms with Crippen molar-refractivity contribution in [2.45, 2.75) is 19.1 Å². The number of fused-ring (bicyclic) bond motifs is 1. The van der Waals surface area contributed by atoms with Crippen molar-refractivity contribution in [3.8, 4) is 0 Å². The van der Waals surface area contributed by atoms with Crippen LogP contribution in [0.25, 0.3) is 11.1 Å². The molecule has 1 heterocycles. The number of para-hydroxylation sites is 2. The standard InChI is InChI=1S/C12H14F4N2OS/c1-3-18(4-2)20(15,16)12(13,14)11-17-9-7-5-6-8-10(9)19-11/h5-8H,3-4H2,1-2H3. The molecule has 0 bridgehead atoms. The Bertz CT molecular complexity index is 565. The van der Waals surface area contributed by atoms with Crippen LogP contribution in [0.1, 0.15) is 19.7 Å². The Morgan fingerprint density at radius 2 is 1.80 bits per heavy atom. The van der Waals surface area contributed by atoms with Gasteiger partial charge < -0.3 is 4.42 Å². The number of oxazole rings is 1.